The van der Waals surface area contributed by atoms with Crippen molar-refractivity contribution in [1.82, 2.24) is 0 Å². The van der Waals surface area contributed by atoms with Gasteiger partial charge in [0, 0.05) is 12.3 Å². The third-order valence-electron chi connectivity index (χ3n) is 4.49. The topological polar surface area (TPSA) is 43.4 Å². The molecule has 0 aliphatic heterocycles. The molecule has 0 saturated heterocycles. The van der Waals surface area contributed by atoms with Gasteiger partial charge in [0.25, 0.3) is 0 Å². The van der Waals surface area contributed by atoms with Gasteiger partial charge < -0.3 is 4.74 Å². The van der Waals surface area contributed by atoms with Crippen molar-refractivity contribution in [3.63, 3.8) is 0 Å². The van der Waals surface area contributed by atoms with Crippen LogP contribution in [-0.4, -0.2) is 18.4 Å². The Kier molecular flexibility index (Phi) is 12.1. The molecule has 0 aromatic rings. The van der Waals surface area contributed by atoms with Gasteiger partial charge in [0.2, 0.25) is 0 Å². The minimum atomic E-state index is -0.314. The fraction of sp³-hybridized carbons (Fsp3) is 0.900. The predicted molar refractivity (Wildman–Crippen MR) is 96.3 cm³/mol. The Hall–Kier alpha value is -0.860. The highest BCUT2D eigenvalue weighted by Gasteiger charge is 2.38. The molecule has 136 valence electrons. The van der Waals surface area contributed by atoms with E-state index < -0.39 is 0 Å². The highest BCUT2D eigenvalue weighted by atomic mass is 16.5. The number of hydrogen-bond acceptors (Lipinski definition) is 3. The van der Waals surface area contributed by atoms with Gasteiger partial charge in [-0.05, 0) is 24.7 Å². The summed E-state index contributed by atoms with van der Waals surface area (Å²) in [6.45, 7) is 12.8. The van der Waals surface area contributed by atoms with E-state index in [0.29, 0.717) is 13.0 Å². The second-order valence-electron chi connectivity index (χ2n) is 7.34. The first-order chi connectivity index (χ1) is 10.9. The molecule has 0 saturated carbocycles. The first kappa shape index (κ1) is 22.1. The van der Waals surface area contributed by atoms with Crippen molar-refractivity contribution in [2.24, 2.45) is 23.7 Å². The first-order valence-corrected chi connectivity index (χ1v) is 9.56. The van der Waals surface area contributed by atoms with Gasteiger partial charge in [0.1, 0.15) is 5.78 Å². The zero-order valence-corrected chi connectivity index (χ0v) is 16.2. The number of carbonyl (C=O) groups excluding carboxylic acids is 2. The Morgan fingerprint density at radius 3 is 1.83 bits per heavy atom. The number of unbranched alkanes of at least 4 members (excludes halogenated alkanes) is 4. The summed E-state index contributed by atoms with van der Waals surface area (Å²) in [4.78, 5) is 25.2. The van der Waals surface area contributed by atoms with E-state index >= 15 is 0 Å². The van der Waals surface area contributed by atoms with Crippen LogP contribution in [-0.2, 0) is 14.3 Å². The molecule has 0 aromatic carbocycles. The summed E-state index contributed by atoms with van der Waals surface area (Å²) in [6, 6.07) is 0. The van der Waals surface area contributed by atoms with E-state index in [-0.39, 0.29) is 35.4 Å². The fourth-order valence-corrected chi connectivity index (χ4v) is 3.14. The Balaban J connectivity index is 4.80. The van der Waals surface area contributed by atoms with Gasteiger partial charge in [0.05, 0.1) is 12.5 Å². The minimum Gasteiger partial charge on any atom is -0.465 e. The summed E-state index contributed by atoms with van der Waals surface area (Å²) in [5.74, 6) is -0.200. The summed E-state index contributed by atoms with van der Waals surface area (Å²) in [6.07, 6.45) is 6.84. The lowest BCUT2D eigenvalue weighted by Crippen LogP contribution is -2.38. The average Bonchev–Trinajstić information content (AvgIpc) is 2.48. The monoisotopic (exact) mass is 326 g/mol. The fourth-order valence-electron chi connectivity index (χ4n) is 3.14. The lowest BCUT2D eigenvalue weighted by atomic mass is 9.74. The summed E-state index contributed by atoms with van der Waals surface area (Å²) in [5.41, 5.74) is 0. The van der Waals surface area contributed by atoms with Gasteiger partial charge in [-0.15, -0.1) is 0 Å². The summed E-state index contributed by atoms with van der Waals surface area (Å²) < 4.78 is 5.51. The normalized spacial score (nSPS) is 14.1. The Morgan fingerprint density at radius 1 is 0.783 bits per heavy atom. The number of Topliss-reactive ketones (excluding diaryl/α,β-unsaturated/α-hetero) is 1. The molecule has 23 heavy (non-hydrogen) atoms. The van der Waals surface area contributed by atoms with E-state index in [2.05, 4.69) is 13.8 Å². The highest BCUT2D eigenvalue weighted by Crippen LogP contribution is 2.31. The maximum atomic E-state index is 12.6. The predicted octanol–water partition coefficient (Wildman–Crippen LogP) is 5.41. The summed E-state index contributed by atoms with van der Waals surface area (Å²) >= 11 is 0. The van der Waals surface area contributed by atoms with Crippen LogP contribution < -0.4 is 0 Å². The van der Waals surface area contributed by atoms with Gasteiger partial charge in [-0.25, -0.2) is 0 Å². The molecule has 0 radical (unpaired) electrons. The molecule has 0 bridgehead atoms. The van der Waals surface area contributed by atoms with Gasteiger partial charge in [-0.3, -0.25) is 9.59 Å². The molecule has 0 fully saturated rings. The van der Waals surface area contributed by atoms with Crippen molar-refractivity contribution in [1.29, 1.82) is 0 Å². The van der Waals surface area contributed by atoms with Crippen molar-refractivity contribution >= 4 is 11.8 Å². The number of ketones is 1. The van der Waals surface area contributed by atoms with Crippen molar-refractivity contribution in [2.75, 3.05) is 6.61 Å². The maximum Gasteiger partial charge on any atom is 0.309 e. The number of esters is 1. The number of hydrogen-bond donors (Lipinski definition) is 0. The van der Waals surface area contributed by atoms with Crippen LogP contribution in [0.15, 0.2) is 0 Å². The molecule has 2 atom stereocenters. The number of carbonyl (C=O) groups is 2. The molecule has 3 heteroatoms. The van der Waals surface area contributed by atoms with Gasteiger partial charge in [-0.2, -0.15) is 0 Å². The Morgan fingerprint density at radius 2 is 1.35 bits per heavy atom. The van der Waals surface area contributed by atoms with Crippen LogP contribution in [0.1, 0.15) is 86.5 Å². The van der Waals surface area contributed by atoms with Crippen LogP contribution in [0.25, 0.3) is 0 Å². The highest BCUT2D eigenvalue weighted by molar-refractivity contribution is 5.87. The Labute approximate surface area is 143 Å². The van der Waals surface area contributed by atoms with E-state index in [4.69, 9.17) is 4.74 Å². The van der Waals surface area contributed by atoms with Crippen LogP contribution in [0.3, 0.4) is 0 Å². The largest absolute Gasteiger partial charge is 0.465 e. The molecule has 0 amide bonds. The lowest BCUT2D eigenvalue weighted by molar-refractivity contribution is -0.156. The SMILES string of the molecule is CCCCCCOC(=O)C(C(C)C)C(C(=O)CCCC)C(C)C. The van der Waals surface area contributed by atoms with E-state index in [1.165, 1.54) is 12.8 Å². The van der Waals surface area contributed by atoms with Crippen molar-refractivity contribution in [2.45, 2.75) is 86.5 Å². The smallest absolute Gasteiger partial charge is 0.309 e. The summed E-state index contributed by atoms with van der Waals surface area (Å²) in [5, 5.41) is 0. The third kappa shape index (κ3) is 8.53. The number of rotatable bonds is 13. The van der Waals surface area contributed by atoms with Gasteiger partial charge in [-0.1, -0.05) is 67.2 Å². The third-order valence-corrected chi connectivity index (χ3v) is 4.49. The molecule has 0 aliphatic carbocycles. The molecule has 0 N–H and O–H groups in total. The molecule has 3 nitrogen and oxygen atoms in total. The molecule has 0 spiro atoms. The molecule has 0 rings (SSSR count). The zero-order valence-electron chi connectivity index (χ0n) is 16.2. The maximum absolute atomic E-state index is 12.6. The lowest BCUT2D eigenvalue weighted by Gasteiger charge is -2.30. The molecular weight excluding hydrogens is 288 g/mol. The van der Waals surface area contributed by atoms with Gasteiger partial charge in [0.15, 0.2) is 0 Å². The number of ether oxygens (including phenoxy) is 1. The second kappa shape index (κ2) is 12.5. The van der Waals surface area contributed by atoms with Gasteiger partial charge >= 0.3 is 5.97 Å². The quantitative estimate of drug-likeness (QED) is 0.335. The molecular formula is C20H38O3. The molecule has 2 unspecified atom stereocenters. The van der Waals surface area contributed by atoms with E-state index in [0.717, 1.165) is 25.7 Å². The first-order valence-electron chi connectivity index (χ1n) is 9.56. The Bertz CT molecular complexity index is 334. The van der Waals surface area contributed by atoms with Crippen LogP contribution in [0.4, 0.5) is 0 Å². The zero-order chi connectivity index (χ0) is 17.8. The van der Waals surface area contributed by atoms with Crippen LogP contribution in [0.2, 0.25) is 0 Å². The van der Waals surface area contributed by atoms with Crippen molar-refractivity contribution in [3.8, 4) is 0 Å². The van der Waals surface area contributed by atoms with E-state index in [9.17, 15) is 9.59 Å². The standard InChI is InChI=1S/C20H38O3/c1-7-9-11-12-14-23-20(22)19(16(5)6)18(15(3)4)17(21)13-10-8-2/h15-16,18-19H,7-14H2,1-6H3. The van der Waals surface area contributed by atoms with Crippen LogP contribution in [0.5, 0.6) is 0 Å². The van der Waals surface area contributed by atoms with Crippen LogP contribution in [0, 0.1) is 23.7 Å². The van der Waals surface area contributed by atoms with E-state index in [1.807, 2.05) is 27.7 Å². The molecule has 0 heterocycles. The molecule has 0 aliphatic rings. The van der Waals surface area contributed by atoms with Crippen LogP contribution >= 0.6 is 0 Å². The molecule has 0 aromatic heterocycles. The second-order valence-corrected chi connectivity index (χ2v) is 7.34. The van der Waals surface area contributed by atoms with E-state index in [1.54, 1.807) is 0 Å². The average molecular weight is 327 g/mol. The van der Waals surface area contributed by atoms with Crippen molar-refractivity contribution < 1.29 is 14.3 Å². The summed E-state index contributed by atoms with van der Waals surface area (Å²) in [7, 11) is 0. The van der Waals surface area contributed by atoms with Crippen molar-refractivity contribution in [3.05, 3.63) is 0 Å². The minimum absolute atomic E-state index is 0.121.